The second-order valence-electron chi connectivity index (χ2n) is 5.55. The van der Waals surface area contributed by atoms with Crippen LogP contribution in [0.1, 0.15) is 22.0 Å². The fraction of sp³-hybridized carbons (Fsp3) is 0.316. The van der Waals surface area contributed by atoms with Crippen molar-refractivity contribution < 1.29 is 24.1 Å². The van der Waals surface area contributed by atoms with Crippen molar-refractivity contribution in [2.45, 2.75) is 6.10 Å². The minimum Gasteiger partial charge on any atom is -0.497 e. The quantitative estimate of drug-likeness (QED) is 0.835. The summed E-state index contributed by atoms with van der Waals surface area (Å²) in [5.41, 5.74) is 1.14. The van der Waals surface area contributed by atoms with Crippen LogP contribution in [0.4, 0.5) is 0 Å². The summed E-state index contributed by atoms with van der Waals surface area (Å²) >= 11 is 0. The number of methoxy groups -OCH3 is 3. The molecule has 2 rings (SSSR count). The van der Waals surface area contributed by atoms with Gasteiger partial charge in [0.05, 0.1) is 34.0 Å². The highest BCUT2D eigenvalue weighted by atomic mass is 16.5. The third-order valence-electron chi connectivity index (χ3n) is 3.90. The maximum absolute atomic E-state index is 12.5. The molecule has 0 fully saturated rings. The van der Waals surface area contributed by atoms with E-state index in [1.807, 2.05) is 0 Å². The smallest absolute Gasteiger partial charge is 0.253 e. The molecule has 6 nitrogen and oxygen atoms in total. The summed E-state index contributed by atoms with van der Waals surface area (Å²) in [5.74, 6) is 1.53. The fourth-order valence-corrected chi connectivity index (χ4v) is 2.48. The highest BCUT2D eigenvalue weighted by Gasteiger charge is 2.18. The van der Waals surface area contributed by atoms with E-state index < -0.39 is 6.10 Å². The Hall–Kier alpha value is -2.73. The molecule has 0 saturated carbocycles. The van der Waals surface area contributed by atoms with Crippen molar-refractivity contribution in [1.29, 1.82) is 0 Å². The van der Waals surface area contributed by atoms with E-state index in [9.17, 15) is 9.90 Å². The Labute approximate surface area is 147 Å². The van der Waals surface area contributed by atoms with Crippen molar-refractivity contribution in [2.24, 2.45) is 0 Å². The van der Waals surface area contributed by atoms with Crippen LogP contribution in [-0.4, -0.2) is 50.8 Å². The van der Waals surface area contributed by atoms with E-state index in [0.29, 0.717) is 28.4 Å². The molecule has 1 atom stereocenters. The van der Waals surface area contributed by atoms with Gasteiger partial charge in [-0.1, -0.05) is 12.1 Å². The van der Waals surface area contributed by atoms with Gasteiger partial charge in [0.2, 0.25) is 0 Å². The Kier molecular flexibility index (Phi) is 6.25. The van der Waals surface area contributed by atoms with Crippen molar-refractivity contribution >= 4 is 5.91 Å². The van der Waals surface area contributed by atoms with Crippen LogP contribution in [0.25, 0.3) is 0 Å². The van der Waals surface area contributed by atoms with Crippen LogP contribution in [0.15, 0.2) is 42.5 Å². The second kappa shape index (κ2) is 8.39. The summed E-state index contributed by atoms with van der Waals surface area (Å²) in [6.45, 7) is 0.144. The van der Waals surface area contributed by atoms with Gasteiger partial charge >= 0.3 is 0 Å². The molecular weight excluding hydrogens is 322 g/mol. The number of carbonyl (C=O) groups excluding carboxylic acids is 1. The number of carbonyl (C=O) groups is 1. The highest BCUT2D eigenvalue weighted by molar-refractivity contribution is 5.94. The molecule has 0 spiro atoms. The van der Waals surface area contributed by atoms with Gasteiger partial charge in [-0.05, 0) is 35.9 Å². The van der Waals surface area contributed by atoms with Crippen LogP contribution in [0, 0.1) is 0 Å². The van der Waals surface area contributed by atoms with E-state index in [0.717, 1.165) is 0 Å². The summed E-state index contributed by atoms with van der Waals surface area (Å²) in [6, 6.07) is 12.1. The zero-order valence-electron chi connectivity index (χ0n) is 14.9. The minimum absolute atomic E-state index is 0.144. The first-order valence-electron chi connectivity index (χ1n) is 7.79. The molecule has 134 valence electrons. The van der Waals surface area contributed by atoms with E-state index in [1.54, 1.807) is 63.7 Å². The van der Waals surface area contributed by atoms with Gasteiger partial charge in [0.25, 0.3) is 5.91 Å². The van der Waals surface area contributed by atoms with Crippen LogP contribution < -0.4 is 14.2 Å². The molecule has 2 aromatic rings. The van der Waals surface area contributed by atoms with Crippen LogP contribution in [0.3, 0.4) is 0 Å². The number of amides is 1. The number of aliphatic hydroxyl groups is 1. The predicted molar refractivity (Wildman–Crippen MR) is 94.5 cm³/mol. The van der Waals surface area contributed by atoms with Crippen LogP contribution in [0.2, 0.25) is 0 Å². The first kappa shape index (κ1) is 18.6. The van der Waals surface area contributed by atoms with E-state index in [1.165, 1.54) is 12.0 Å². The van der Waals surface area contributed by atoms with Crippen molar-refractivity contribution in [3.8, 4) is 17.2 Å². The molecule has 1 unspecified atom stereocenters. The normalized spacial score (nSPS) is 11.6. The van der Waals surface area contributed by atoms with Crippen molar-refractivity contribution in [2.75, 3.05) is 34.9 Å². The Balaban J connectivity index is 2.11. The molecule has 2 aromatic carbocycles. The first-order chi connectivity index (χ1) is 12.0. The second-order valence-corrected chi connectivity index (χ2v) is 5.55. The van der Waals surface area contributed by atoms with Gasteiger partial charge in [-0.2, -0.15) is 0 Å². The molecule has 1 N–H and O–H groups in total. The van der Waals surface area contributed by atoms with Crippen molar-refractivity contribution in [3.05, 3.63) is 53.6 Å². The van der Waals surface area contributed by atoms with E-state index in [-0.39, 0.29) is 12.5 Å². The number of rotatable bonds is 7. The molecule has 25 heavy (non-hydrogen) atoms. The minimum atomic E-state index is -0.848. The van der Waals surface area contributed by atoms with Crippen LogP contribution in [-0.2, 0) is 0 Å². The molecular formula is C19H23NO5. The number of nitrogens with zero attached hydrogens (tertiary/aromatic N) is 1. The Morgan fingerprint density at radius 2 is 1.76 bits per heavy atom. The molecule has 0 aliphatic rings. The summed E-state index contributed by atoms with van der Waals surface area (Å²) in [6.07, 6.45) is -0.848. The van der Waals surface area contributed by atoms with Gasteiger partial charge in [-0.25, -0.2) is 0 Å². The lowest BCUT2D eigenvalue weighted by molar-refractivity contribution is 0.0680. The van der Waals surface area contributed by atoms with Crippen molar-refractivity contribution in [1.82, 2.24) is 4.90 Å². The maximum Gasteiger partial charge on any atom is 0.253 e. The van der Waals surface area contributed by atoms with E-state index in [4.69, 9.17) is 14.2 Å². The SMILES string of the molecule is COc1cccc(C(=O)N(C)CC(O)c2ccc(OC)c(OC)c2)c1. The van der Waals surface area contributed by atoms with Gasteiger partial charge in [-0.3, -0.25) is 4.79 Å². The number of benzene rings is 2. The summed E-state index contributed by atoms with van der Waals surface area (Å²) in [4.78, 5) is 14.0. The van der Waals surface area contributed by atoms with Crippen molar-refractivity contribution in [3.63, 3.8) is 0 Å². The Bertz CT molecular complexity index is 732. The molecule has 1 amide bonds. The Morgan fingerprint density at radius 1 is 1.04 bits per heavy atom. The van der Waals surface area contributed by atoms with Gasteiger partial charge in [-0.15, -0.1) is 0 Å². The fourth-order valence-electron chi connectivity index (χ4n) is 2.48. The molecule has 0 aromatic heterocycles. The van der Waals surface area contributed by atoms with E-state index in [2.05, 4.69) is 0 Å². The van der Waals surface area contributed by atoms with Gasteiger partial charge in [0.15, 0.2) is 11.5 Å². The Morgan fingerprint density at radius 3 is 2.40 bits per heavy atom. The summed E-state index contributed by atoms with van der Waals surface area (Å²) in [5, 5.41) is 10.5. The topological polar surface area (TPSA) is 68.2 Å². The molecule has 0 saturated heterocycles. The lowest BCUT2D eigenvalue weighted by Gasteiger charge is -2.22. The molecule has 0 heterocycles. The summed E-state index contributed by atoms with van der Waals surface area (Å²) < 4.78 is 15.6. The van der Waals surface area contributed by atoms with Gasteiger partial charge < -0.3 is 24.2 Å². The third kappa shape index (κ3) is 4.42. The molecule has 0 radical (unpaired) electrons. The highest BCUT2D eigenvalue weighted by Crippen LogP contribution is 2.30. The lowest BCUT2D eigenvalue weighted by Crippen LogP contribution is -2.31. The average molecular weight is 345 g/mol. The van der Waals surface area contributed by atoms with Crippen LogP contribution in [0.5, 0.6) is 17.2 Å². The number of hydrogen-bond donors (Lipinski definition) is 1. The lowest BCUT2D eigenvalue weighted by atomic mass is 10.1. The number of likely N-dealkylation sites (N-methyl/N-ethyl adjacent to an activating group) is 1. The predicted octanol–water partition coefficient (Wildman–Crippen LogP) is 2.52. The van der Waals surface area contributed by atoms with E-state index >= 15 is 0 Å². The first-order valence-corrected chi connectivity index (χ1v) is 7.79. The van der Waals surface area contributed by atoms with Gasteiger partial charge in [0.1, 0.15) is 5.75 Å². The number of hydrogen-bond acceptors (Lipinski definition) is 5. The molecule has 0 bridgehead atoms. The average Bonchev–Trinajstić information content (AvgIpc) is 2.66. The number of aliphatic hydroxyl groups excluding tert-OH is 1. The monoisotopic (exact) mass is 345 g/mol. The molecule has 0 aliphatic carbocycles. The zero-order valence-corrected chi connectivity index (χ0v) is 14.9. The molecule has 0 aliphatic heterocycles. The largest absolute Gasteiger partial charge is 0.497 e. The third-order valence-corrected chi connectivity index (χ3v) is 3.90. The zero-order chi connectivity index (χ0) is 18.4. The van der Waals surface area contributed by atoms with Gasteiger partial charge in [0, 0.05) is 12.6 Å². The standard InChI is InChI=1S/C19H23NO5/c1-20(19(22)14-6-5-7-15(10-14)23-2)12-16(21)13-8-9-17(24-3)18(11-13)25-4/h5-11,16,21H,12H2,1-4H3. The van der Waals surface area contributed by atoms with Crippen LogP contribution >= 0.6 is 0 Å². The number of ether oxygens (including phenoxy) is 3. The molecule has 6 heteroatoms. The summed E-state index contributed by atoms with van der Waals surface area (Å²) in [7, 11) is 6.28. The maximum atomic E-state index is 12.5.